The molecule has 0 bridgehead atoms. The van der Waals surface area contributed by atoms with Crippen LogP contribution in [-0.2, 0) is 20.0 Å². The van der Waals surface area contributed by atoms with Crippen LogP contribution in [0.3, 0.4) is 0 Å². The molecule has 1 aliphatic rings. The van der Waals surface area contributed by atoms with Crippen molar-refractivity contribution < 1.29 is 0 Å². The minimum absolute atomic E-state index is 0.427. The number of thiazole rings is 1. The zero-order valence-corrected chi connectivity index (χ0v) is 13.2. The first-order valence-electron chi connectivity index (χ1n) is 7.33. The number of nitrogens with zero attached hydrogens (tertiary/aromatic N) is 3. The third-order valence-corrected chi connectivity index (χ3v) is 5.16. The van der Waals surface area contributed by atoms with Gasteiger partial charge in [-0.2, -0.15) is 5.10 Å². The molecule has 20 heavy (non-hydrogen) atoms. The highest BCUT2D eigenvalue weighted by atomic mass is 32.1. The lowest BCUT2D eigenvalue weighted by molar-refractivity contribution is 0.449. The van der Waals surface area contributed by atoms with E-state index in [1.807, 2.05) is 17.9 Å². The molecule has 0 amide bonds. The number of hydrogen-bond donors (Lipinski definition) is 1. The number of hydrogen-bond acceptors (Lipinski definition) is 4. The van der Waals surface area contributed by atoms with Crippen molar-refractivity contribution in [3.05, 3.63) is 33.5 Å². The van der Waals surface area contributed by atoms with E-state index in [-0.39, 0.29) is 0 Å². The Kier molecular flexibility index (Phi) is 3.89. The molecule has 0 aliphatic heterocycles. The fourth-order valence-electron chi connectivity index (χ4n) is 2.82. The summed E-state index contributed by atoms with van der Waals surface area (Å²) in [7, 11) is 2.04. The van der Waals surface area contributed by atoms with Crippen molar-refractivity contribution in [2.75, 3.05) is 0 Å². The lowest BCUT2D eigenvalue weighted by Crippen LogP contribution is -2.25. The van der Waals surface area contributed by atoms with Crippen molar-refractivity contribution >= 4 is 11.3 Å². The highest BCUT2D eigenvalue weighted by Crippen LogP contribution is 2.29. The van der Waals surface area contributed by atoms with Crippen LogP contribution in [0, 0.1) is 0 Å². The summed E-state index contributed by atoms with van der Waals surface area (Å²) >= 11 is 1.77. The van der Waals surface area contributed by atoms with E-state index in [0.29, 0.717) is 12.0 Å². The van der Waals surface area contributed by atoms with Gasteiger partial charge in [-0.05, 0) is 19.3 Å². The summed E-state index contributed by atoms with van der Waals surface area (Å²) in [6.45, 7) is 5.24. The molecule has 5 heteroatoms. The van der Waals surface area contributed by atoms with E-state index in [1.165, 1.54) is 29.1 Å². The molecule has 1 atom stereocenters. The van der Waals surface area contributed by atoms with E-state index in [2.05, 4.69) is 29.6 Å². The van der Waals surface area contributed by atoms with Crippen LogP contribution in [-0.4, -0.2) is 14.8 Å². The molecule has 2 aromatic heterocycles. The van der Waals surface area contributed by atoms with E-state index in [9.17, 15) is 0 Å². The van der Waals surface area contributed by atoms with Crippen LogP contribution in [0.1, 0.15) is 60.6 Å². The minimum Gasteiger partial charge on any atom is -0.304 e. The molecule has 108 valence electrons. The standard InChI is InChI=1S/C15H22N4S/c1-10(2)15-18-11(9-20-15)7-16-13-5-4-6-14-12(13)8-17-19(14)3/h8-10,13,16H,4-7H2,1-3H3/t13-/m1/s1. The van der Waals surface area contributed by atoms with Crippen LogP contribution < -0.4 is 5.32 Å². The molecule has 0 fully saturated rings. The van der Waals surface area contributed by atoms with Crippen molar-refractivity contribution in [1.82, 2.24) is 20.1 Å². The largest absolute Gasteiger partial charge is 0.304 e. The Morgan fingerprint density at radius 3 is 3.10 bits per heavy atom. The summed E-state index contributed by atoms with van der Waals surface area (Å²) in [5.41, 5.74) is 3.92. The molecule has 0 saturated heterocycles. The molecule has 1 aliphatic carbocycles. The Labute approximate surface area is 124 Å². The third kappa shape index (κ3) is 2.65. The van der Waals surface area contributed by atoms with Crippen LogP contribution in [0.4, 0.5) is 0 Å². The van der Waals surface area contributed by atoms with Crippen LogP contribution in [0.15, 0.2) is 11.6 Å². The Morgan fingerprint density at radius 2 is 2.35 bits per heavy atom. The molecule has 0 saturated carbocycles. The maximum absolute atomic E-state index is 4.69. The van der Waals surface area contributed by atoms with E-state index in [4.69, 9.17) is 4.98 Å². The first kappa shape index (κ1) is 13.8. The Hall–Kier alpha value is -1.20. The molecule has 0 aromatic carbocycles. The second kappa shape index (κ2) is 5.66. The van der Waals surface area contributed by atoms with Gasteiger partial charge in [0.25, 0.3) is 0 Å². The molecule has 3 rings (SSSR count). The van der Waals surface area contributed by atoms with Crippen molar-refractivity contribution in [1.29, 1.82) is 0 Å². The maximum atomic E-state index is 4.69. The molecule has 0 unspecified atom stereocenters. The summed E-state index contributed by atoms with van der Waals surface area (Å²) < 4.78 is 2.02. The summed E-state index contributed by atoms with van der Waals surface area (Å²) in [5.74, 6) is 0.522. The van der Waals surface area contributed by atoms with Gasteiger partial charge in [0.1, 0.15) is 0 Å². The van der Waals surface area contributed by atoms with Crippen molar-refractivity contribution in [2.45, 2.75) is 51.6 Å². The Bertz CT molecular complexity index is 584. The highest BCUT2D eigenvalue weighted by molar-refractivity contribution is 7.09. The number of fused-ring (bicyclic) bond motifs is 1. The average Bonchev–Trinajstić information content (AvgIpc) is 3.04. The van der Waals surface area contributed by atoms with Crippen molar-refractivity contribution in [3.8, 4) is 0 Å². The van der Waals surface area contributed by atoms with Crippen LogP contribution in [0.2, 0.25) is 0 Å². The SMILES string of the molecule is CC(C)c1nc(CN[C@@H]2CCCc3c2cnn3C)cs1. The third-order valence-electron chi connectivity index (χ3n) is 3.97. The van der Waals surface area contributed by atoms with Gasteiger partial charge in [-0.1, -0.05) is 13.8 Å². The molecular weight excluding hydrogens is 268 g/mol. The van der Waals surface area contributed by atoms with Gasteiger partial charge in [0.2, 0.25) is 0 Å². The summed E-state index contributed by atoms with van der Waals surface area (Å²) in [4.78, 5) is 4.69. The fraction of sp³-hybridized carbons (Fsp3) is 0.600. The molecule has 1 N–H and O–H groups in total. The van der Waals surface area contributed by atoms with E-state index in [1.54, 1.807) is 11.3 Å². The quantitative estimate of drug-likeness (QED) is 0.940. The monoisotopic (exact) mass is 290 g/mol. The molecule has 2 heterocycles. The molecule has 4 nitrogen and oxygen atoms in total. The summed E-state index contributed by atoms with van der Waals surface area (Å²) in [6.07, 6.45) is 5.60. The Morgan fingerprint density at radius 1 is 1.50 bits per heavy atom. The van der Waals surface area contributed by atoms with Crippen LogP contribution in [0.25, 0.3) is 0 Å². The van der Waals surface area contributed by atoms with Gasteiger partial charge in [0, 0.05) is 42.2 Å². The van der Waals surface area contributed by atoms with Crippen LogP contribution >= 0.6 is 11.3 Å². The van der Waals surface area contributed by atoms with Gasteiger partial charge in [0.15, 0.2) is 0 Å². The lowest BCUT2D eigenvalue weighted by atomic mass is 9.93. The first-order chi connectivity index (χ1) is 9.65. The van der Waals surface area contributed by atoms with Crippen molar-refractivity contribution in [3.63, 3.8) is 0 Å². The molecule has 0 radical (unpaired) electrons. The van der Waals surface area contributed by atoms with Gasteiger partial charge in [0.05, 0.1) is 16.9 Å². The smallest absolute Gasteiger partial charge is 0.0954 e. The summed E-state index contributed by atoms with van der Waals surface area (Å²) in [5, 5.41) is 11.4. The van der Waals surface area contributed by atoms with Gasteiger partial charge in [-0.25, -0.2) is 4.98 Å². The molecular formula is C15H22N4S. The topological polar surface area (TPSA) is 42.7 Å². The fourth-order valence-corrected chi connectivity index (χ4v) is 3.65. The second-order valence-electron chi connectivity index (χ2n) is 5.83. The predicted molar refractivity (Wildman–Crippen MR) is 81.9 cm³/mol. The van der Waals surface area contributed by atoms with E-state index in [0.717, 1.165) is 18.7 Å². The zero-order chi connectivity index (χ0) is 14.1. The second-order valence-corrected chi connectivity index (χ2v) is 6.72. The predicted octanol–water partition coefficient (Wildman–Crippen LogP) is 3.17. The number of aryl methyl sites for hydroxylation is 1. The number of aromatic nitrogens is 3. The van der Waals surface area contributed by atoms with Crippen LogP contribution in [0.5, 0.6) is 0 Å². The number of nitrogens with one attached hydrogen (secondary N) is 1. The first-order valence-corrected chi connectivity index (χ1v) is 8.21. The molecule has 0 spiro atoms. The van der Waals surface area contributed by atoms with Gasteiger partial charge >= 0.3 is 0 Å². The normalized spacial score (nSPS) is 18.5. The Balaban J connectivity index is 1.67. The number of rotatable bonds is 4. The van der Waals surface area contributed by atoms with Gasteiger partial charge in [-0.15, -0.1) is 11.3 Å². The zero-order valence-electron chi connectivity index (χ0n) is 12.4. The van der Waals surface area contributed by atoms with Gasteiger partial charge in [-0.3, -0.25) is 4.68 Å². The van der Waals surface area contributed by atoms with Gasteiger partial charge < -0.3 is 5.32 Å². The average molecular weight is 290 g/mol. The molecule has 2 aromatic rings. The highest BCUT2D eigenvalue weighted by Gasteiger charge is 2.23. The minimum atomic E-state index is 0.427. The van der Waals surface area contributed by atoms with E-state index >= 15 is 0 Å². The lowest BCUT2D eigenvalue weighted by Gasteiger charge is -2.23. The maximum Gasteiger partial charge on any atom is 0.0954 e. The van der Waals surface area contributed by atoms with E-state index < -0.39 is 0 Å². The van der Waals surface area contributed by atoms with Crippen molar-refractivity contribution in [2.24, 2.45) is 7.05 Å². The summed E-state index contributed by atoms with van der Waals surface area (Å²) in [6, 6.07) is 0.427.